The molecule has 0 bridgehead atoms. The minimum absolute atomic E-state index is 0.331. The van der Waals surface area contributed by atoms with Crippen molar-refractivity contribution in [2.75, 3.05) is 0 Å². The number of hydrogen-bond donors (Lipinski definition) is 0. The van der Waals surface area contributed by atoms with Gasteiger partial charge < -0.3 is 0 Å². The predicted molar refractivity (Wildman–Crippen MR) is 50.9 cm³/mol. The topological polar surface area (TPSA) is 0 Å². The summed E-state index contributed by atoms with van der Waals surface area (Å²) in [5, 5.41) is 0.754. The van der Waals surface area contributed by atoms with Gasteiger partial charge in [-0.15, -0.1) is 0 Å². The van der Waals surface area contributed by atoms with Crippen LogP contribution in [0, 0.1) is 0 Å². The summed E-state index contributed by atoms with van der Waals surface area (Å²) < 4.78 is 24.6. The highest BCUT2D eigenvalue weighted by molar-refractivity contribution is 6.33. The molecule has 0 fully saturated rings. The lowest BCUT2D eigenvalue weighted by Crippen LogP contribution is -2.05. The van der Waals surface area contributed by atoms with Gasteiger partial charge in [-0.2, -0.15) is 0 Å². The predicted octanol–water partition coefficient (Wildman–Crippen LogP) is 4.36. The Morgan fingerprint density at radius 3 is 2.38 bits per heavy atom. The maximum Gasteiger partial charge on any atom is 0.245 e. The van der Waals surface area contributed by atoms with Crippen LogP contribution in [0.2, 0.25) is 10.0 Å². The van der Waals surface area contributed by atoms with Crippen LogP contribution in [0.25, 0.3) is 0 Å². The fourth-order valence-corrected chi connectivity index (χ4v) is 1.47. The van der Waals surface area contributed by atoms with Crippen molar-refractivity contribution in [3.63, 3.8) is 0 Å². The molecule has 0 nitrogen and oxygen atoms in total. The fraction of sp³-hybridized carbons (Fsp3) is 0.333. The molecule has 72 valence electrons. The summed E-state index contributed by atoms with van der Waals surface area (Å²) in [4.78, 5) is 0. The number of halogens is 4. The Balaban J connectivity index is 3.05. The van der Waals surface area contributed by atoms with E-state index in [1.807, 2.05) is 0 Å². The van der Waals surface area contributed by atoms with Gasteiger partial charge in [0.1, 0.15) is 0 Å². The van der Waals surface area contributed by atoms with Gasteiger partial charge in [0.15, 0.2) is 0 Å². The zero-order valence-electron chi connectivity index (χ0n) is 6.90. The van der Waals surface area contributed by atoms with E-state index in [1.54, 1.807) is 6.07 Å². The zero-order chi connectivity index (χ0) is 10.0. The monoisotopic (exact) mass is 224 g/mol. The molecule has 0 aliphatic carbocycles. The van der Waals surface area contributed by atoms with Gasteiger partial charge >= 0.3 is 0 Å². The largest absolute Gasteiger partial charge is 0.245 e. The van der Waals surface area contributed by atoms with Crippen LogP contribution in [0.3, 0.4) is 0 Å². The van der Waals surface area contributed by atoms with Gasteiger partial charge in [-0.1, -0.05) is 30.1 Å². The Bertz CT molecular complexity index is 300. The van der Waals surface area contributed by atoms with Crippen LogP contribution in [0.15, 0.2) is 18.2 Å². The van der Waals surface area contributed by atoms with E-state index in [9.17, 15) is 8.78 Å². The summed E-state index contributed by atoms with van der Waals surface area (Å²) in [5.74, 6) is -0.883. The first-order chi connectivity index (χ1) is 6.02. The van der Waals surface area contributed by atoms with E-state index in [0.29, 0.717) is 15.6 Å². The molecule has 1 rings (SSSR count). The lowest BCUT2D eigenvalue weighted by molar-refractivity contribution is 0.121. The molecule has 0 saturated carbocycles. The van der Waals surface area contributed by atoms with Gasteiger partial charge in [0.05, 0.1) is 0 Å². The molecule has 1 aromatic rings. The third-order valence-corrected chi connectivity index (χ3v) is 2.41. The number of rotatable bonds is 2. The molecule has 1 aromatic carbocycles. The molecule has 1 atom stereocenters. The molecule has 1 unspecified atom stereocenters. The molecule has 0 aliphatic heterocycles. The molecule has 0 spiro atoms. The van der Waals surface area contributed by atoms with Gasteiger partial charge in [0.25, 0.3) is 0 Å². The van der Waals surface area contributed by atoms with E-state index in [-0.39, 0.29) is 0 Å². The highest BCUT2D eigenvalue weighted by Crippen LogP contribution is 2.30. The summed E-state index contributed by atoms with van der Waals surface area (Å²) in [7, 11) is 0. The van der Waals surface area contributed by atoms with Crippen LogP contribution in [-0.4, -0.2) is 6.43 Å². The fourth-order valence-electron chi connectivity index (χ4n) is 0.999. The Morgan fingerprint density at radius 2 is 1.85 bits per heavy atom. The van der Waals surface area contributed by atoms with Gasteiger partial charge in [-0.05, 0) is 23.8 Å². The second kappa shape index (κ2) is 4.25. The van der Waals surface area contributed by atoms with Crippen LogP contribution >= 0.6 is 23.2 Å². The van der Waals surface area contributed by atoms with Crippen molar-refractivity contribution in [3.8, 4) is 0 Å². The minimum Gasteiger partial charge on any atom is -0.210 e. The molecule has 0 aromatic heterocycles. The summed E-state index contributed by atoms with van der Waals surface area (Å²) in [6.07, 6.45) is -2.42. The minimum atomic E-state index is -2.42. The third kappa shape index (κ3) is 2.55. The van der Waals surface area contributed by atoms with Crippen molar-refractivity contribution < 1.29 is 8.78 Å². The molecule has 0 amide bonds. The van der Waals surface area contributed by atoms with Crippen molar-refractivity contribution in [3.05, 3.63) is 33.8 Å². The molecule has 0 heterocycles. The maximum absolute atomic E-state index is 12.3. The van der Waals surface area contributed by atoms with Crippen LogP contribution in [0.5, 0.6) is 0 Å². The van der Waals surface area contributed by atoms with E-state index in [1.165, 1.54) is 19.1 Å². The quantitative estimate of drug-likeness (QED) is 0.701. The molecular weight excluding hydrogens is 217 g/mol. The van der Waals surface area contributed by atoms with Crippen molar-refractivity contribution in [1.82, 2.24) is 0 Å². The van der Waals surface area contributed by atoms with Crippen molar-refractivity contribution in [2.24, 2.45) is 0 Å². The van der Waals surface area contributed by atoms with Gasteiger partial charge in [-0.25, -0.2) is 8.78 Å². The number of alkyl halides is 2. The van der Waals surface area contributed by atoms with Gasteiger partial charge in [0, 0.05) is 16.0 Å². The van der Waals surface area contributed by atoms with E-state index >= 15 is 0 Å². The van der Waals surface area contributed by atoms with Gasteiger partial charge in [-0.3, -0.25) is 0 Å². The highest BCUT2D eigenvalue weighted by Gasteiger charge is 2.19. The first-order valence-corrected chi connectivity index (χ1v) is 4.51. The average Bonchev–Trinajstić information content (AvgIpc) is 2.08. The molecular formula is C9H8Cl2F2. The first-order valence-electron chi connectivity index (χ1n) is 3.75. The summed E-state index contributed by atoms with van der Waals surface area (Å²) in [5.41, 5.74) is 0.393. The zero-order valence-corrected chi connectivity index (χ0v) is 8.41. The average molecular weight is 225 g/mol. The summed E-state index contributed by atoms with van der Waals surface area (Å²) >= 11 is 11.4. The first kappa shape index (κ1) is 10.7. The van der Waals surface area contributed by atoms with E-state index < -0.39 is 12.3 Å². The standard InChI is InChI=1S/C9H8Cl2F2/c1-5(9(12)13)7-4-6(10)2-3-8(7)11/h2-5,9H,1H3. The van der Waals surface area contributed by atoms with E-state index in [4.69, 9.17) is 23.2 Å². The van der Waals surface area contributed by atoms with Crippen LogP contribution in [0.4, 0.5) is 8.78 Å². The Kier molecular flexibility index (Phi) is 3.51. The Morgan fingerprint density at radius 1 is 1.23 bits per heavy atom. The molecule has 0 saturated heterocycles. The number of hydrogen-bond acceptors (Lipinski definition) is 0. The highest BCUT2D eigenvalue weighted by atomic mass is 35.5. The van der Waals surface area contributed by atoms with Crippen molar-refractivity contribution in [2.45, 2.75) is 19.3 Å². The van der Waals surface area contributed by atoms with E-state index in [0.717, 1.165) is 0 Å². The summed E-state index contributed by atoms with van der Waals surface area (Å²) in [6, 6.07) is 4.57. The summed E-state index contributed by atoms with van der Waals surface area (Å²) in [6.45, 7) is 1.42. The molecule has 0 aliphatic rings. The second-order valence-electron chi connectivity index (χ2n) is 2.79. The van der Waals surface area contributed by atoms with Crippen molar-refractivity contribution in [1.29, 1.82) is 0 Å². The van der Waals surface area contributed by atoms with E-state index in [2.05, 4.69) is 0 Å². The normalized spacial score (nSPS) is 13.4. The van der Waals surface area contributed by atoms with Crippen molar-refractivity contribution >= 4 is 23.2 Å². The van der Waals surface area contributed by atoms with Crippen LogP contribution in [0.1, 0.15) is 18.4 Å². The maximum atomic E-state index is 12.3. The second-order valence-corrected chi connectivity index (χ2v) is 3.63. The Hall–Kier alpha value is -0.340. The molecule has 4 heteroatoms. The lowest BCUT2D eigenvalue weighted by atomic mass is 10.0. The smallest absolute Gasteiger partial charge is 0.210 e. The molecule has 0 radical (unpaired) electrons. The molecule has 0 N–H and O–H groups in total. The molecule has 13 heavy (non-hydrogen) atoms. The number of benzene rings is 1. The Labute approximate surface area is 85.5 Å². The lowest BCUT2D eigenvalue weighted by Gasteiger charge is -2.12. The van der Waals surface area contributed by atoms with Crippen LogP contribution < -0.4 is 0 Å². The SMILES string of the molecule is CC(c1cc(Cl)ccc1Cl)C(F)F. The van der Waals surface area contributed by atoms with Crippen LogP contribution in [-0.2, 0) is 0 Å². The van der Waals surface area contributed by atoms with Gasteiger partial charge in [0.2, 0.25) is 6.43 Å². The third-order valence-electron chi connectivity index (χ3n) is 1.83.